The molecule has 3 heteroatoms. The van der Waals surface area contributed by atoms with Crippen molar-refractivity contribution in [1.29, 1.82) is 0 Å². The van der Waals surface area contributed by atoms with Gasteiger partial charge in [-0.1, -0.05) is 25.1 Å². The highest BCUT2D eigenvalue weighted by Gasteiger charge is 2.30. The van der Waals surface area contributed by atoms with Crippen LogP contribution < -0.4 is 4.74 Å². The number of fused-ring (bicyclic) bond motifs is 1. The van der Waals surface area contributed by atoms with Crippen molar-refractivity contribution in [2.24, 2.45) is 0 Å². The Labute approximate surface area is 123 Å². The largest absolute Gasteiger partial charge is 0.488 e. The van der Waals surface area contributed by atoms with Crippen LogP contribution in [-0.2, 0) is 6.61 Å². The first-order chi connectivity index (χ1) is 10.1. The van der Waals surface area contributed by atoms with E-state index in [1.54, 1.807) is 6.07 Å². The van der Waals surface area contributed by atoms with Crippen molar-refractivity contribution in [1.82, 2.24) is 0 Å². The maximum Gasteiger partial charge on any atom is 0.167 e. The molecule has 3 rings (SSSR count). The highest BCUT2D eigenvalue weighted by atomic mass is 19.1. The standard InChI is InChI=1S/C18H17FO2/c1-11-6-7-16(18-15(20)8-12(2)17(11)18)21-10-13-4-3-5-14(19)9-13/h3-7,9,12H,8,10H2,1-2H3/t12-/m1/s1. The zero-order chi connectivity index (χ0) is 15.0. The Hall–Kier alpha value is -2.16. The van der Waals surface area contributed by atoms with Crippen molar-refractivity contribution in [2.75, 3.05) is 0 Å². The molecule has 0 N–H and O–H groups in total. The summed E-state index contributed by atoms with van der Waals surface area (Å²) < 4.78 is 18.9. The summed E-state index contributed by atoms with van der Waals surface area (Å²) in [4.78, 5) is 12.2. The van der Waals surface area contributed by atoms with Gasteiger partial charge < -0.3 is 4.74 Å². The summed E-state index contributed by atoms with van der Waals surface area (Å²) in [6, 6.07) is 10.1. The molecule has 0 saturated heterocycles. The normalized spacial score (nSPS) is 16.9. The molecule has 108 valence electrons. The van der Waals surface area contributed by atoms with Crippen LogP contribution in [0.1, 0.15) is 46.3 Å². The third-order valence-corrected chi connectivity index (χ3v) is 3.97. The fourth-order valence-electron chi connectivity index (χ4n) is 3.02. The van der Waals surface area contributed by atoms with Gasteiger partial charge in [0.05, 0.1) is 5.56 Å². The molecule has 0 amide bonds. The summed E-state index contributed by atoms with van der Waals surface area (Å²) in [7, 11) is 0. The van der Waals surface area contributed by atoms with Crippen LogP contribution in [0.2, 0.25) is 0 Å². The molecule has 0 aliphatic heterocycles. The van der Waals surface area contributed by atoms with Gasteiger partial charge in [-0.25, -0.2) is 4.39 Å². The van der Waals surface area contributed by atoms with Crippen molar-refractivity contribution in [3.63, 3.8) is 0 Å². The van der Waals surface area contributed by atoms with Gasteiger partial charge in [0.2, 0.25) is 0 Å². The molecule has 0 aromatic heterocycles. The van der Waals surface area contributed by atoms with Gasteiger partial charge in [-0.3, -0.25) is 4.79 Å². The van der Waals surface area contributed by atoms with E-state index in [1.165, 1.54) is 12.1 Å². The molecule has 2 aromatic rings. The molecule has 0 fully saturated rings. The van der Waals surface area contributed by atoms with Gasteiger partial charge in [-0.05, 0) is 47.7 Å². The van der Waals surface area contributed by atoms with Gasteiger partial charge in [0.1, 0.15) is 18.2 Å². The smallest absolute Gasteiger partial charge is 0.167 e. The van der Waals surface area contributed by atoms with Crippen LogP contribution in [0, 0.1) is 12.7 Å². The molecule has 1 atom stereocenters. The van der Waals surface area contributed by atoms with Gasteiger partial charge in [0, 0.05) is 6.42 Å². The SMILES string of the molecule is Cc1ccc(OCc2cccc(F)c2)c2c1[C@H](C)CC2=O. The lowest BCUT2D eigenvalue weighted by molar-refractivity contribution is 0.0986. The molecule has 1 aliphatic rings. The molecule has 0 heterocycles. The third kappa shape index (κ3) is 2.56. The number of hydrogen-bond acceptors (Lipinski definition) is 2. The highest BCUT2D eigenvalue weighted by Crippen LogP contribution is 2.40. The third-order valence-electron chi connectivity index (χ3n) is 3.97. The van der Waals surface area contributed by atoms with Gasteiger partial charge in [0.15, 0.2) is 5.78 Å². The van der Waals surface area contributed by atoms with E-state index in [2.05, 4.69) is 6.92 Å². The molecule has 21 heavy (non-hydrogen) atoms. The van der Waals surface area contributed by atoms with Crippen LogP contribution in [0.4, 0.5) is 4.39 Å². The number of ketones is 1. The van der Waals surface area contributed by atoms with Crippen LogP contribution in [0.25, 0.3) is 0 Å². The summed E-state index contributed by atoms with van der Waals surface area (Å²) in [5.41, 5.74) is 3.68. The number of aryl methyl sites for hydroxylation is 1. The lowest BCUT2D eigenvalue weighted by Gasteiger charge is -2.13. The summed E-state index contributed by atoms with van der Waals surface area (Å²) >= 11 is 0. The maximum atomic E-state index is 13.2. The molecule has 0 saturated carbocycles. The molecule has 1 aliphatic carbocycles. The van der Waals surface area contributed by atoms with Crippen molar-refractivity contribution in [3.8, 4) is 5.75 Å². The van der Waals surface area contributed by atoms with Gasteiger partial charge in [-0.15, -0.1) is 0 Å². The Morgan fingerprint density at radius 2 is 2.10 bits per heavy atom. The van der Waals surface area contributed by atoms with E-state index in [0.717, 1.165) is 16.7 Å². The van der Waals surface area contributed by atoms with E-state index in [4.69, 9.17) is 4.74 Å². The van der Waals surface area contributed by atoms with E-state index in [1.807, 2.05) is 25.1 Å². The minimum absolute atomic E-state index is 0.135. The number of carbonyl (C=O) groups is 1. The average molecular weight is 284 g/mol. The Kier molecular flexibility index (Phi) is 3.50. The fraction of sp³-hybridized carbons (Fsp3) is 0.278. The Bertz CT molecular complexity index is 706. The van der Waals surface area contributed by atoms with E-state index in [0.29, 0.717) is 17.7 Å². The first-order valence-corrected chi connectivity index (χ1v) is 7.10. The highest BCUT2D eigenvalue weighted by molar-refractivity contribution is 6.04. The van der Waals surface area contributed by atoms with E-state index < -0.39 is 0 Å². The molecule has 2 aromatic carbocycles. The first kappa shape index (κ1) is 13.8. The minimum Gasteiger partial charge on any atom is -0.488 e. The molecule has 0 bridgehead atoms. The topological polar surface area (TPSA) is 26.3 Å². The van der Waals surface area contributed by atoms with Crippen molar-refractivity contribution in [2.45, 2.75) is 32.8 Å². The second-order valence-corrected chi connectivity index (χ2v) is 5.62. The number of hydrogen-bond donors (Lipinski definition) is 0. The van der Waals surface area contributed by atoms with Crippen LogP contribution >= 0.6 is 0 Å². The van der Waals surface area contributed by atoms with E-state index in [9.17, 15) is 9.18 Å². The fourth-order valence-corrected chi connectivity index (χ4v) is 3.02. The number of ether oxygens (including phenoxy) is 1. The van der Waals surface area contributed by atoms with Crippen LogP contribution in [0.15, 0.2) is 36.4 Å². The predicted molar refractivity (Wildman–Crippen MR) is 79.3 cm³/mol. The predicted octanol–water partition coefficient (Wildman–Crippen LogP) is 4.40. The number of Topliss-reactive ketones (excluding diaryl/α,β-unsaturated/α-hetero) is 1. The summed E-state index contributed by atoms with van der Waals surface area (Å²) in [6.45, 7) is 4.34. The number of rotatable bonds is 3. The second kappa shape index (κ2) is 5.32. The second-order valence-electron chi connectivity index (χ2n) is 5.62. The lowest BCUT2D eigenvalue weighted by atomic mass is 9.97. The van der Waals surface area contributed by atoms with Gasteiger partial charge in [-0.2, -0.15) is 0 Å². The summed E-state index contributed by atoms with van der Waals surface area (Å²) in [5, 5.41) is 0. The quantitative estimate of drug-likeness (QED) is 0.835. The van der Waals surface area contributed by atoms with E-state index in [-0.39, 0.29) is 24.1 Å². The van der Waals surface area contributed by atoms with Gasteiger partial charge in [0.25, 0.3) is 0 Å². The van der Waals surface area contributed by atoms with Gasteiger partial charge >= 0.3 is 0 Å². The van der Waals surface area contributed by atoms with Crippen LogP contribution in [-0.4, -0.2) is 5.78 Å². The minimum atomic E-state index is -0.282. The molecule has 0 radical (unpaired) electrons. The zero-order valence-corrected chi connectivity index (χ0v) is 12.2. The van der Waals surface area contributed by atoms with Crippen molar-refractivity contribution < 1.29 is 13.9 Å². The maximum absolute atomic E-state index is 13.2. The summed E-state index contributed by atoms with van der Waals surface area (Å²) in [5.74, 6) is 0.699. The van der Waals surface area contributed by atoms with E-state index >= 15 is 0 Å². The Morgan fingerprint density at radius 3 is 2.86 bits per heavy atom. The monoisotopic (exact) mass is 284 g/mol. The molecular weight excluding hydrogens is 267 g/mol. The number of carbonyl (C=O) groups excluding carboxylic acids is 1. The zero-order valence-electron chi connectivity index (χ0n) is 12.2. The van der Waals surface area contributed by atoms with Crippen molar-refractivity contribution >= 4 is 5.78 Å². The summed E-state index contributed by atoms with van der Waals surface area (Å²) in [6.07, 6.45) is 0.538. The molecule has 0 spiro atoms. The molecular formula is C18H17FO2. The number of benzene rings is 2. The Balaban J connectivity index is 1.89. The first-order valence-electron chi connectivity index (χ1n) is 7.10. The average Bonchev–Trinajstić information content (AvgIpc) is 2.75. The van der Waals surface area contributed by atoms with Crippen LogP contribution in [0.5, 0.6) is 5.75 Å². The van der Waals surface area contributed by atoms with Crippen molar-refractivity contribution in [3.05, 3.63) is 64.5 Å². The van der Waals surface area contributed by atoms with Crippen LogP contribution in [0.3, 0.4) is 0 Å². The Morgan fingerprint density at radius 1 is 1.29 bits per heavy atom. The number of halogens is 1. The molecule has 0 unspecified atom stereocenters. The molecule has 2 nitrogen and oxygen atoms in total. The lowest BCUT2D eigenvalue weighted by Crippen LogP contribution is -2.02.